The molecule has 0 saturated heterocycles. The van der Waals surface area contributed by atoms with Crippen molar-refractivity contribution in [2.45, 2.75) is 45.1 Å². The van der Waals surface area contributed by atoms with E-state index in [1.165, 1.54) is 6.42 Å². The van der Waals surface area contributed by atoms with E-state index in [4.69, 9.17) is 4.74 Å². The van der Waals surface area contributed by atoms with Crippen LogP contribution in [-0.4, -0.2) is 32.7 Å². The molecule has 0 radical (unpaired) electrons. The first kappa shape index (κ1) is 13.8. The van der Waals surface area contributed by atoms with E-state index in [9.17, 15) is 8.78 Å². The molecule has 2 nitrogen and oxygen atoms in total. The Morgan fingerprint density at radius 1 is 1.29 bits per heavy atom. The molecule has 1 unspecified atom stereocenters. The lowest BCUT2D eigenvalue weighted by Crippen LogP contribution is -2.26. The van der Waals surface area contributed by atoms with Crippen molar-refractivity contribution in [3.8, 4) is 0 Å². The molecule has 0 spiro atoms. The molecule has 1 N–H and O–H groups in total. The first-order chi connectivity index (χ1) is 6.70. The molecular formula is C10H21F2NO. The maximum atomic E-state index is 11.7. The zero-order valence-corrected chi connectivity index (χ0v) is 9.06. The third-order valence-electron chi connectivity index (χ3n) is 2.17. The highest BCUT2D eigenvalue weighted by Gasteiger charge is 2.06. The van der Waals surface area contributed by atoms with Crippen molar-refractivity contribution in [1.29, 1.82) is 0 Å². The van der Waals surface area contributed by atoms with Crippen molar-refractivity contribution >= 4 is 0 Å². The van der Waals surface area contributed by atoms with E-state index in [0.29, 0.717) is 12.6 Å². The lowest BCUT2D eigenvalue weighted by Gasteiger charge is -2.15. The molecule has 0 aliphatic heterocycles. The summed E-state index contributed by atoms with van der Waals surface area (Å²) in [6, 6.07) is 0.396. The Morgan fingerprint density at radius 3 is 2.50 bits per heavy atom. The molecule has 0 aromatic rings. The van der Waals surface area contributed by atoms with E-state index < -0.39 is 13.0 Å². The smallest absolute Gasteiger partial charge is 0.261 e. The molecule has 1 atom stereocenters. The van der Waals surface area contributed by atoms with Crippen LogP contribution in [0.4, 0.5) is 8.78 Å². The minimum atomic E-state index is -2.35. The summed E-state index contributed by atoms with van der Waals surface area (Å²) >= 11 is 0. The predicted octanol–water partition coefficient (Wildman–Crippen LogP) is 2.44. The van der Waals surface area contributed by atoms with Crippen LogP contribution in [0.3, 0.4) is 0 Å². The van der Waals surface area contributed by atoms with Crippen molar-refractivity contribution in [3.63, 3.8) is 0 Å². The quantitative estimate of drug-likeness (QED) is 0.589. The van der Waals surface area contributed by atoms with Crippen LogP contribution in [0.2, 0.25) is 0 Å². The van der Waals surface area contributed by atoms with Gasteiger partial charge in [0.2, 0.25) is 0 Å². The first-order valence-electron chi connectivity index (χ1n) is 5.23. The van der Waals surface area contributed by atoms with Crippen molar-refractivity contribution in [3.05, 3.63) is 0 Å². The van der Waals surface area contributed by atoms with Gasteiger partial charge in [0, 0.05) is 12.6 Å². The van der Waals surface area contributed by atoms with Crippen LogP contribution in [-0.2, 0) is 4.74 Å². The zero-order chi connectivity index (χ0) is 10.8. The highest BCUT2D eigenvalue weighted by Crippen LogP contribution is 2.04. The fraction of sp³-hybridized carbons (Fsp3) is 1.00. The van der Waals surface area contributed by atoms with E-state index in [0.717, 1.165) is 19.3 Å². The summed E-state index contributed by atoms with van der Waals surface area (Å²) in [5.74, 6) is 0. The van der Waals surface area contributed by atoms with Crippen molar-refractivity contribution in [2.24, 2.45) is 0 Å². The Labute approximate surface area is 85.0 Å². The summed E-state index contributed by atoms with van der Waals surface area (Å²) in [7, 11) is 1.90. The van der Waals surface area contributed by atoms with Gasteiger partial charge in [-0.1, -0.05) is 19.8 Å². The molecule has 0 aromatic heterocycles. The van der Waals surface area contributed by atoms with Gasteiger partial charge in [-0.25, -0.2) is 8.78 Å². The van der Waals surface area contributed by atoms with Crippen LogP contribution in [0.5, 0.6) is 0 Å². The summed E-state index contributed by atoms with van der Waals surface area (Å²) in [6.45, 7) is 2.11. The van der Waals surface area contributed by atoms with E-state index in [1.54, 1.807) is 0 Å². The Hall–Kier alpha value is -0.220. The molecule has 0 aliphatic rings. The molecule has 0 heterocycles. The first-order valence-corrected chi connectivity index (χ1v) is 5.23. The van der Waals surface area contributed by atoms with Gasteiger partial charge in [0.25, 0.3) is 6.43 Å². The molecule has 0 saturated carbocycles. The summed E-state index contributed by atoms with van der Waals surface area (Å²) in [6.07, 6.45) is 1.88. The number of ether oxygens (including phenoxy) is 1. The number of hydrogen-bond acceptors (Lipinski definition) is 2. The number of unbranched alkanes of at least 4 members (excludes halogenated alkanes) is 1. The third kappa shape index (κ3) is 8.38. The number of rotatable bonds is 9. The fourth-order valence-corrected chi connectivity index (χ4v) is 1.28. The van der Waals surface area contributed by atoms with Crippen LogP contribution >= 0.6 is 0 Å². The van der Waals surface area contributed by atoms with Gasteiger partial charge in [0.15, 0.2) is 0 Å². The van der Waals surface area contributed by atoms with Gasteiger partial charge in [-0.2, -0.15) is 0 Å². The van der Waals surface area contributed by atoms with Gasteiger partial charge in [-0.05, 0) is 19.9 Å². The second-order valence-electron chi connectivity index (χ2n) is 3.38. The van der Waals surface area contributed by atoms with E-state index in [-0.39, 0.29) is 0 Å². The van der Waals surface area contributed by atoms with Gasteiger partial charge in [-0.15, -0.1) is 0 Å². The maximum Gasteiger partial charge on any atom is 0.261 e. The van der Waals surface area contributed by atoms with Gasteiger partial charge < -0.3 is 10.1 Å². The van der Waals surface area contributed by atoms with Crippen LogP contribution in [0.1, 0.15) is 32.6 Å². The molecule has 0 fully saturated rings. The Balaban J connectivity index is 3.33. The fourth-order valence-electron chi connectivity index (χ4n) is 1.28. The van der Waals surface area contributed by atoms with Crippen LogP contribution in [0, 0.1) is 0 Å². The second-order valence-corrected chi connectivity index (χ2v) is 3.38. The highest BCUT2D eigenvalue weighted by molar-refractivity contribution is 4.63. The normalized spacial score (nSPS) is 13.5. The minimum Gasteiger partial charge on any atom is -0.375 e. The molecule has 14 heavy (non-hydrogen) atoms. The lowest BCUT2D eigenvalue weighted by molar-refractivity contribution is 0.0143. The van der Waals surface area contributed by atoms with Crippen molar-refractivity contribution < 1.29 is 13.5 Å². The molecule has 86 valence electrons. The standard InChI is InChI=1S/C10H21F2NO/c1-3-4-5-9(13-2)6-7-14-8-10(11)12/h9-10,13H,3-8H2,1-2H3. The number of alkyl halides is 2. The highest BCUT2D eigenvalue weighted by atomic mass is 19.3. The zero-order valence-electron chi connectivity index (χ0n) is 9.06. The van der Waals surface area contributed by atoms with Gasteiger partial charge in [0.05, 0.1) is 0 Å². The SMILES string of the molecule is CCCCC(CCOCC(F)F)NC. The van der Waals surface area contributed by atoms with Crippen LogP contribution in [0.15, 0.2) is 0 Å². The number of nitrogens with one attached hydrogen (secondary N) is 1. The van der Waals surface area contributed by atoms with Crippen molar-refractivity contribution in [2.75, 3.05) is 20.3 Å². The molecule has 4 heteroatoms. The summed E-state index contributed by atoms with van der Waals surface area (Å²) < 4.78 is 28.2. The largest absolute Gasteiger partial charge is 0.375 e. The summed E-state index contributed by atoms with van der Waals surface area (Å²) in [5, 5.41) is 3.16. The van der Waals surface area contributed by atoms with E-state index >= 15 is 0 Å². The molecule has 0 amide bonds. The Morgan fingerprint density at radius 2 is 2.00 bits per heavy atom. The average Bonchev–Trinajstić information content (AvgIpc) is 2.16. The second kappa shape index (κ2) is 9.34. The molecule has 0 rings (SSSR count). The third-order valence-corrected chi connectivity index (χ3v) is 2.17. The van der Waals surface area contributed by atoms with Gasteiger partial charge >= 0.3 is 0 Å². The topological polar surface area (TPSA) is 21.3 Å². The van der Waals surface area contributed by atoms with E-state index in [1.807, 2.05) is 7.05 Å². The van der Waals surface area contributed by atoms with E-state index in [2.05, 4.69) is 12.2 Å². The average molecular weight is 209 g/mol. The lowest BCUT2D eigenvalue weighted by atomic mass is 10.1. The predicted molar refractivity (Wildman–Crippen MR) is 53.8 cm³/mol. The monoisotopic (exact) mass is 209 g/mol. The van der Waals surface area contributed by atoms with Gasteiger partial charge in [-0.3, -0.25) is 0 Å². The maximum absolute atomic E-state index is 11.7. The summed E-state index contributed by atoms with van der Waals surface area (Å²) in [4.78, 5) is 0. The molecule has 0 bridgehead atoms. The summed E-state index contributed by atoms with van der Waals surface area (Å²) in [5.41, 5.74) is 0. The Kier molecular flexibility index (Phi) is 9.19. The van der Waals surface area contributed by atoms with Crippen molar-refractivity contribution in [1.82, 2.24) is 5.32 Å². The number of hydrogen-bond donors (Lipinski definition) is 1. The van der Waals surface area contributed by atoms with Crippen LogP contribution in [0.25, 0.3) is 0 Å². The minimum absolute atomic E-state index is 0.396. The van der Waals surface area contributed by atoms with Crippen LogP contribution < -0.4 is 5.32 Å². The molecule has 0 aliphatic carbocycles. The number of halogens is 2. The molecular weight excluding hydrogens is 188 g/mol. The Bertz CT molecular complexity index is 123. The van der Waals surface area contributed by atoms with Gasteiger partial charge in [0.1, 0.15) is 6.61 Å². The molecule has 0 aromatic carbocycles.